The molecule has 0 aliphatic carbocycles. The smallest absolute Gasteiger partial charge is 0.313 e. The highest BCUT2D eigenvalue weighted by atomic mass is 19.1. The molecule has 1 aromatic heterocycles. The van der Waals surface area contributed by atoms with E-state index in [1.165, 1.54) is 32.4 Å². The lowest BCUT2D eigenvalue weighted by Crippen LogP contribution is -2.28. The zero-order valence-corrected chi connectivity index (χ0v) is 19.6. The van der Waals surface area contributed by atoms with Crippen LogP contribution in [0.1, 0.15) is 49.4 Å². The molecule has 0 bridgehead atoms. The monoisotopic (exact) mass is 459 g/mol. The molecule has 2 rings (SSSR count). The Bertz CT molecular complexity index is 1090. The molecule has 0 spiro atoms. The van der Waals surface area contributed by atoms with Gasteiger partial charge in [0.2, 0.25) is 0 Å². The number of aliphatic hydroxyl groups is 1. The van der Waals surface area contributed by atoms with Gasteiger partial charge < -0.3 is 19.1 Å². The standard InChI is InChI=1S/C25H30FNO6/c1-15(2)24-20(11-10-18(28)12-19(29)13-22(30)33-5)23(16-6-8-17(26)9-7-16)21(14-32-4)25(31)27(24)3/h6-11,15,18,28H,12-14H2,1-5H3. The van der Waals surface area contributed by atoms with Crippen molar-refractivity contribution in [2.24, 2.45) is 7.05 Å². The Kier molecular flexibility index (Phi) is 9.25. The number of ether oxygens (including phenoxy) is 2. The number of aromatic nitrogens is 1. The van der Waals surface area contributed by atoms with Crippen molar-refractivity contribution in [2.75, 3.05) is 14.2 Å². The molecule has 33 heavy (non-hydrogen) atoms. The van der Waals surface area contributed by atoms with Crippen molar-refractivity contribution in [1.29, 1.82) is 0 Å². The van der Waals surface area contributed by atoms with E-state index in [4.69, 9.17) is 4.74 Å². The van der Waals surface area contributed by atoms with E-state index in [-0.39, 0.29) is 24.5 Å². The summed E-state index contributed by atoms with van der Waals surface area (Å²) in [6.45, 7) is 3.92. The lowest BCUT2D eigenvalue weighted by atomic mass is 9.90. The van der Waals surface area contributed by atoms with Gasteiger partial charge in [0.1, 0.15) is 18.0 Å². The Hall–Kier alpha value is -3.10. The lowest BCUT2D eigenvalue weighted by Gasteiger charge is -2.22. The molecule has 0 saturated carbocycles. The number of Topliss-reactive ketones (excluding diaryl/α,β-unsaturated/α-hetero) is 1. The van der Waals surface area contributed by atoms with E-state index in [9.17, 15) is 23.9 Å². The number of ketones is 1. The van der Waals surface area contributed by atoms with Crippen molar-refractivity contribution in [1.82, 2.24) is 4.57 Å². The Balaban J connectivity index is 2.64. The third-order valence-corrected chi connectivity index (χ3v) is 5.23. The summed E-state index contributed by atoms with van der Waals surface area (Å²) in [5.74, 6) is -1.59. The van der Waals surface area contributed by atoms with Crippen LogP contribution in [0.25, 0.3) is 17.2 Å². The van der Waals surface area contributed by atoms with E-state index < -0.39 is 30.1 Å². The molecule has 0 amide bonds. The summed E-state index contributed by atoms with van der Waals surface area (Å²) in [5, 5.41) is 10.4. The van der Waals surface area contributed by atoms with Gasteiger partial charge in [-0.2, -0.15) is 0 Å². The van der Waals surface area contributed by atoms with Crippen molar-refractivity contribution in [3.8, 4) is 11.1 Å². The van der Waals surface area contributed by atoms with Crippen LogP contribution < -0.4 is 5.56 Å². The molecule has 178 valence electrons. The van der Waals surface area contributed by atoms with Crippen molar-refractivity contribution < 1.29 is 28.6 Å². The number of benzene rings is 1. The molecule has 1 atom stereocenters. The van der Waals surface area contributed by atoms with Crippen LogP contribution >= 0.6 is 0 Å². The minimum Gasteiger partial charge on any atom is -0.469 e. The van der Waals surface area contributed by atoms with Crippen molar-refractivity contribution in [2.45, 2.75) is 45.3 Å². The average Bonchev–Trinajstić information content (AvgIpc) is 2.76. The lowest BCUT2D eigenvalue weighted by molar-refractivity contribution is -0.143. The number of hydrogen-bond donors (Lipinski definition) is 1. The molecular formula is C25H30FNO6. The van der Waals surface area contributed by atoms with Crippen LogP contribution in [0.5, 0.6) is 0 Å². The van der Waals surface area contributed by atoms with E-state index in [1.807, 2.05) is 13.8 Å². The maximum absolute atomic E-state index is 13.6. The predicted octanol–water partition coefficient (Wildman–Crippen LogP) is 3.36. The van der Waals surface area contributed by atoms with Crippen LogP contribution in [0, 0.1) is 5.82 Å². The highest BCUT2D eigenvalue weighted by Gasteiger charge is 2.22. The molecule has 0 radical (unpaired) electrons. The summed E-state index contributed by atoms with van der Waals surface area (Å²) in [6, 6.07) is 5.79. The number of methoxy groups -OCH3 is 2. The van der Waals surface area contributed by atoms with Crippen molar-refractivity contribution in [3.63, 3.8) is 0 Å². The fraction of sp³-hybridized carbons (Fsp3) is 0.400. The van der Waals surface area contributed by atoms with Gasteiger partial charge in [-0.25, -0.2) is 4.39 Å². The molecule has 1 N–H and O–H groups in total. The first-order chi connectivity index (χ1) is 15.6. The summed E-state index contributed by atoms with van der Waals surface area (Å²) in [6.07, 6.45) is 1.28. The first-order valence-electron chi connectivity index (χ1n) is 10.6. The van der Waals surface area contributed by atoms with Crippen LogP contribution in [0.15, 0.2) is 35.1 Å². The Morgan fingerprint density at radius 3 is 2.36 bits per heavy atom. The van der Waals surface area contributed by atoms with Gasteiger partial charge in [0.25, 0.3) is 5.56 Å². The second kappa shape index (κ2) is 11.7. The van der Waals surface area contributed by atoms with Crippen molar-refractivity contribution >= 4 is 17.8 Å². The largest absolute Gasteiger partial charge is 0.469 e. The molecule has 2 aromatic rings. The summed E-state index contributed by atoms with van der Waals surface area (Å²) < 4.78 is 24.9. The van der Waals surface area contributed by atoms with Crippen LogP contribution in [0.2, 0.25) is 0 Å². The number of halogens is 1. The third-order valence-electron chi connectivity index (χ3n) is 5.23. The molecule has 1 heterocycles. The quantitative estimate of drug-likeness (QED) is 0.433. The number of hydrogen-bond acceptors (Lipinski definition) is 6. The molecule has 1 unspecified atom stereocenters. The number of esters is 1. The topological polar surface area (TPSA) is 94.8 Å². The summed E-state index contributed by atoms with van der Waals surface area (Å²) in [4.78, 5) is 36.4. The number of carbonyl (C=O) groups is 2. The number of nitrogens with zero attached hydrogens (tertiary/aromatic N) is 1. The number of carbonyl (C=O) groups excluding carboxylic acids is 2. The van der Waals surface area contributed by atoms with Crippen molar-refractivity contribution in [3.05, 3.63) is 63.3 Å². The molecule has 0 fully saturated rings. The number of pyridine rings is 1. The molecule has 0 aliphatic rings. The maximum Gasteiger partial charge on any atom is 0.313 e. The van der Waals surface area contributed by atoms with Gasteiger partial charge in [-0.15, -0.1) is 0 Å². The van der Waals surface area contributed by atoms with Gasteiger partial charge in [-0.05, 0) is 23.6 Å². The Morgan fingerprint density at radius 2 is 1.82 bits per heavy atom. The van der Waals surface area contributed by atoms with Crippen LogP contribution in [0.4, 0.5) is 4.39 Å². The fourth-order valence-electron chi connectivity index (χ4n) is 3.80. The zero-order valence-electron chi connectivity index (χ0n) is 19.6. The minimum atomic E-state index is -1.15. The fourth-order valence-corrected chi connectivity index (χ4v) is 3.80. The van der Waals surface area contributed by atoms with Gasteiger partial charge in [0, 0.05) is 37.4 Å². The molecular weight excluding hydrogens is 429 g/mol. The van der Waals surface area contributed by atoms with E-state index in [2.05, 4.69) is 4.74 Å². The first kappa shape index (κ1) is 26.2. The maximum atomic E-state index is 13.6. The normalized spacial score (nSPS) is 12.4. The van der Waals surface area contributed by atoms with E-state index >= 15 is 0 Å². The van der Waals surface area contributed by atoms with E-state index in [0.717, 1.165) is 0 Å². The molecule has 1 aromatic carbocycles. The second-order valence-corrected chi connectivity index (χ2v) is 8.03. The SMILES string of the molecule is COCc1c(-c2ccc(F)cc2)c(C=CC(O)CC(=O)CC(=O)OC)c(C(C)C)n(C)c1=O. The van der Waals surface area contributed by atoms with Crippen LogP contribution in [-0.2, 0) is 32.7 Å². The highest BCUT2D eigenvalue weighted by Crippen LogP contribution is 2.33. The van der Waals surface area contributed by atoms with Gasteiger partial charge in [-0.1, -0.05) is 38.1 Å². The molecule has 7 nitrogen and oxygen atoms in total. The molecule has 0 saturated heterocycles. The average molecular weight is 460 g/mol. The van der Waals surface area contributed by atoms with E-state index in [1.54, 1.807) is 29.8 Å². The molecule has 8 heteroatoms. The highest BCUT2D eigenvalue weighted by molar-refractivity contribution is 5.95. The van der Waals surface area contributed by atoms with Crippen LogP contribution in [0.3, 0.4) is 0 Å². The first-order valence-corrected chi connectivity index (χ1v) is 10.6. The Morgan fingerprint density at radius 1 is 1.18 bits per heavy atom. The van der Waals surface area contributed by atoms with Gasteiger partial charge in [-0.3, -0.25) is 14.4 Å². The number of aliphatic hydroxyl groups excluding tert-OH is 1. The predicted molar refractivity (Wildman–Crippen MR) is 123 cm³/mol. The van der Waals surface area contributed by atoms with Gasteiger partial charge in [0.05, 0.1) is 25.4 Å². The third kappa shape index (κ3) is 6.46. The molecule has 0 aliphatic heterocycles. The Labute approximate surface area is 192 Å². The zero-order chi connectivity index (χ0) is 24.7. The summed E-state index contributed by atoms with van der Waals surface area (Å²) in [7, 11) is 4.34. The summed E-state index contributed by atoms with van der Waals surface area (Å²) in [5.41, 5.74) is 2.73. The van der Waals surface area contributed by atoms with E-state index in [0.29, 0.717) is 27.9 Å². The summed E-state index contributed by atoms with van der Waals surface area (Å²) >= 11 is 0. The van der Waals surface area contributed by atoms with Gasteiger partial charge in [0.15, 0.2) is 0 Å². The number of rotatable bonds is 10. The second-order valence-electron chi connectivity index (χ2n) is 8.03. The minimum absolute atomic E-state index is 0.0404. The van der Waals surface area contributed by atoms with Gasteiger partial charge >= 0.3 is 5.97 Å². The van der Waals surface area contributed by atoms with Crippen LogP contribution in [-0.4, -0.2) is 41.7 Å².